The van der Waals surface area contributed by atoms with Gasteiger partial charge in [-0.25, -0.2) is 0 Å². The number of hydrogen-bond donors (Lipinski definition) is 3. The minimum absolute atomic E-state index is 0.211. The van der Waals surface area contributed by atoms with Crippen molar-refractivity contribution in [3.8, 4) is 12.3 Å². The minimum atomic E-state index is -0.842. The van der Waals surface area contributed by atoms with Crippen LogP contribution in [0.2, 0.25) is 0 Å². The number of aliphatic hydroxyl groups is 1. The molecule has 0 bridgehead atoms. The summed E-state index contributed by atoms with van der Waals surface area (Å²) in [4.78, 5) is 11.4. The molecule has 1 amide bonds. The number of nitrogens with two attached hydrogens (primary N) is 1. The first-order valence-corrected chi connectivity index (χ1v) is 5.18. The summed E-state index contributed by atoms with van der Waals surface area (Å²) in [6.45, 7) is 3.96. The van der Waals surface area contributed by atoms with Crippen molar-refractivity contribution in [3.05, 3.63) is 0 Å². The van der Waals surface area contributed by atoms with Gasteiger partial charge in [-0.2, -0.15) is 0 Å². The molecule has 0 aliphatic heterocycles. The van der Waals surface area contributed by atoms with Gasteiger partial charge in [0.15, 0.2) is 0 Å². The number of rotatable bonds is 6. The molecule has 0 fully saturated rings. The molecule has 4 nitrogen and oxygen atoms in total. The molecule has 86 valence electrons. The van der Waals surface area contributed by atoms with Gasteiger partial charge in [-0.1, -0.05) is 13.8 Å². The summed E-state index contributed by atoms with van der Waals surface area (Å²) in [7, 11) is 0. The SMILES string of the molecule is C#CCC(N)C(=O)NCC(O)(CC)CC. The van der Waals surface area contributed by atoms with Crippen LogP contribution in [-0.4, -0.2) is 29.2 Å². The van der Waals surface area contributed by atoms with Crippen molar-refractivity contribution in [1.29, 1.82) is 0 Å². The van der Waals surface area contributed by atoms with Crippen molar-refractivity contribution in [2.75, 3.05) is 6.54 Å². The van der Waals surface area contributed by atoms with Crippen LogP contribution in [-0.2, 0) is 4.79 Å². The van der Waals surface area contributed by atoms with Gasteiger partial charge in [0, 0.05) is 13.0 Å². The maximum atomic E-state index is 11.4. The number of nitrogens with one attached hydrogen (secondary N) is 1. The summed E-state index contributed by atoms with van der Waals surface area (Å²) in [5.41, 5.74) is 4.66. The van der Waals surface area contributed by atoms with Gasteiger partial charge in [-0.15, -0.1) is 12.3 Å². The minimum Gasteiger partial charge on any atom is -0.388 e. The zero-order valence-electron chi connectivity index (χ0n) is 9.42. The molecule has 15 heavy (non-hydrogen) atoms. The highest BCUT2D eigenvalue weighted by atomic mass is 16.3. The third-order valence-electron chi connectivity index (χ3n) is 2.58. The maximum Gasteiger partial charge on any atom is 0.238 e. The molecule has 4 N–H and O–H groups in total. The normalized spacial score (nSPS) is 13.0. The van der Waals surface area contributed by atoms with Crippen molar-refractivity contribution in [3.63, 3.8) is 0 Å². The molecule has 0 aromatic heterocycles. The number of amides is 1. The van der Waals surface area contributed by atoms with E-state index in [-0.39, 0.29) is 18.9 Å². The largest absolute Gasteiger partial charge is 0.388 e. The van der Waals surface area contributed by atoms with E-state index in [1.165, 1.54) is 0 Å². The third-order valence-corrected chi connectivity index (χ3v) is 2.58. The number of hydrogen-bond acceptors (Lipinski definition) is 3. The Morgan fingerprint density at radius 3 is 2.53 bits per heavy atom. The number of carbonyl (C=O) groups excluding carboxylic acids is 1. The van der Waals surface area contributed by atoms with Gasteiger partial charge in [0.05, 0.1) is 11.6 Å². The molecule has 0 rings (SSSR count). The van der Waals surface area contributed by atoms with Gasteiger partial charge >= 0.3 is 0 Å². The van der Waals surface area contributed by atoms with Crippen molar-refractivity contribution in [2.24, 2.45) is 5.73 Å². The molecular weight excluding hydrogens is 192 g/mol. The molecule has 1 atom stereocenters. The topological polar surface area (TPSA) is 75.4 Å². The summed E-state index contributed by atoms with van der Waals surface area (Å²) < 4.78 is 0. The van der Waals surface area contributed by atoms with Crippen LogP contribution < -0.4 is 11.1 Å². The fraction of sp³-hybridized carbons (Fsp3) is 0.727. The first-order valence-electron chi connectivity index (χ1n) is 5.18. The Bertz CT molecular complexity index is 241. The predicted molar refractivity (Wildman–Crippen MR) is 60.0 cm³/mol. The lowest BCUT2D eigenvalue weighted by molar-refractivity contribution is -0.123. The molecule has 0 aromatic carbocycles. The quantitative estimate of drug-likeness (QED) is 0.543. The Labute approximate surface area is 91.2 Å². The molecule has 4 heteroatoms. The molecule has 0 aromatic rings. The standard InChI is InChI=1S/C11H20N2O2/c1-4-7-9(12)10(14)13-8-11(15,5-2)6-3/h1,9,15H,5-8,12H2,2-3H3,(H,13,14). The van der Waals surface area contributed by atoms with Gasteiger partial charge in [0.25, 0.3) is 0 Å². The number of terminal acetylenes is 1. The Balaban J connectivity index is 4.05. The lowest BCUT2D eigenvalue weighted by atomic mass is 9.97. The first-order chi connectivity index (χ1) is 6.99. The summed E-state index contributed by atoms with van der Waals surface area (Å²) >= 11 is 0. The smallest absolute Gasteiger partial charge is 0.238 e. The number of carbonyl (C=O) groups is 1. The highest BCUT2D eigenvalue weighted by Crippen LogP contribution is 2.12. The lowest BCUT2D eigenvalue weighted by Crippen LogP contribution is -2.47. The second-order valence-electron chi connectivity index (χ2n) is 3.66. The molecule has 0 aliphatic carbocycles. The van der Waals surface area contributed by atoms with Crippen LogP contribution in [0.1, 0.15) is 33.1 Å². The van der Waals surface area contributed by atoms with Gasteiger partial charge in [0.2, 0.25) is 5.91 Å². The van der Waals surface area contributed by atoms with Crippen LogP contribution >= 0.6 is 0 Å². The molecular formula is C11H20N2O2. The zero-order valence-corrected chi connectivity index (χ0v) is 9.42. The van der Waals surface area contributed by atoms with Gasteiger partial charge in [-0.05, 0) is 12.8 Å². The van der Waals surface area contributed by atoms with E-state index in [1.54, 1.807) is 0 Å². The van der Waals surface area contributed by atoms with Crippen LogP contribution in [0.15, 0.2) is 0 Å². The van der Waals surface area contributed by atoms with Gasteiger partial charge in [0.1, 0.15) is 0 Å². The second-order valence-corrected chi connectivity index (χ2v) is 3.66. The molecule has 0 spiro atoms. The average molecular weight is 212 g/mol. The molecule has 1 unspecified atom stereocenters. The van der Waals surface area contributed by atoms with Crippen molar-refractivity contribution in [1.82, 2.24) is 5.32 Å². The Hall–Kier alpha value is -1.05. The van der Waals surface area contributed by atoms with E-state index in [4.69, 9.17) is 12.2 Å². The highest BCUT2D eigenvalue weighted by Gasteiger charge is 2.23. The Kier molecular flexibility index (Phi) is 5.99. The molecule has 0 heterocycles. The van der Waals surface area contributed by atoms with E-state index < -0.39 is 11.6 Å². The summed E-state index contributed by atoms with van der Waals surface area (Å²) in [5.74, 6) is 2.01. The Morgan fingerprint density at radius 2 is 2.13 bits per heavy atom. The van der Waals surface area contributed by atoms with Crippen molar-refractivity contribution >= 4 is 5.91 Å². The van der Waals surface area contributed by atoms with Gasteiger partial charge < -0.3 is 16.2 Å². The summed E-state index contributed by atoms with van der Waals surface area (Å²) in [6.07, 6.45) is 6.44. The van der Waals surface area contributed by atoms with Crippen molar-refractivity contribution in [2.45, 2.75) is 44.8 Å². The predicted octanol–water partition coefficient (Wildman–Crippen LogP) is 0.00430. The average Bonchev–Trinajstić information content (AvgIpc) is 2.25. The fourth-order valence-electron chi connectivity index (χ4n) is 1.10. The fourth-order valence-corrected chi connectivity index (χ4v) is 1.10. The highest BCUT2D eigenvalue weighted by molar-refractivity contribution is 5.81. The van der Waals surface area contributed by atoms with Gasteiger partial charge in [-0.3, -0.25) is 4.79 Å². The second kappa shape index (κ2) is 6.44. The van der Waals surface area contributed by atoms with E-state index in [1.807, 2.05) is 13.8 Å². The van der Waals surface area contributed by atoms with E-state index in [0.717, 1.165) is 0 Å². The monoisotopic (exact) mass is 212 g/mol. The first kappa shape index (κ1) is 13.9. The van der Waals surface area contributed by atoms with Crippen LogP contribution in [0.3, 0.4) is 0 Å². The summed E-state index contributed by atoms with van der Waals surface area (Å²) in [6, 6.07) is -0.687. The molecule has 0 saturated heterocycles. The van der Waals surface area contributed by atoms with Crippen LogP contribution in [0.5, 0.6) is 0 Å². The van der Waals surface area contributed by atoms with E-state index in [9.17, 15) is 9.90 Å². The summed E-state index contributed by atoms with van der Waals surface area (Å²) in [5, 5.41) is 12.5. The lowest BCUT2D eigenvalue weighted by Gasteiger charge is -2.25. The van der Waals surface area contributed by atoms with Crippen LogP contribution in [0.25, 0.3) is 0 Å². The third kappa shape index (κ3) is 4.82. The molecule has 0 aliphatic rings. The van der Waals surface area contributed by atoms with Crippen molar-refractivity contribution < 1.29 is 9.90 Å². The van der Waals surface area contributed by atoms with Crippen LogP contribution in [0, 0.1) is 12.3 Å². The molecule has 0 saturated carbocycles. The van der Waals surface area contributed by atoms with E-state index in [2.05, 4.69) is 11.2 Å². The maximum absolute atomic E-state index is 11.4. The molecule has 0 radical (unpaired) electrons. The van der Waals surface area contributed by atoms with E-state index >= 15 is 0 Å². The Morgan fingerprint density at radius 1 is 1.60 bits per heavy atom. The van der Waals surface area contributed by atoms with Crippen LogP contribution in [0.4, 0.5) is 0 Å². The zero-order chi connectivity index (χ0) is 11.9. The van der Waals surface area contributed by atoms with E-state index in [0.29, 0.717) is 12.8 Å².